The van der Waals surface area contributed by atoms with E-state index in [1.807, 2.05) is 0 Å². The number of ether oxygens (including phenoxy) is 1. The van der Waals surface area contributed by atoms with E-state index in [0.29, 0.717) is 11.1 Å². The summed E-state index contributed by atoms with van der Waals surface area (Å²) >= 11 is 0. The van der Waals surface area contributed by atoms with Gasteiger partial charge in [-0.05, 0) is 42.3 Å². The lowest BCUT2D eigenvalue weighted by Crippen LogP contribution is -2.05. The molecule has 104 valence electrons. The van der Waals surface area contributed by atoms with Crippen molar-refractivity contribution in [1.82, 2.24) is 0 Å². The number of rotatable bonds is 4. The van der Waals surface area contributed by atoms with Crippen LogP contribution in [-0.4, -0.2) is 11.1 Å². The van der Waals surface area contributed by atoms with Crippen LogP contribution in [0.5, 0.6) is 5.75 Å². The number of carboxylic acid groups (broad SMARTS) is 1. The summed E-state index contributed by atoms with van der Waals surface area (Å²) in [5, 5.41) is 8.99. The molecule has 0 atom stereocenters. The van der Waals surface area contributed by atoms with Gasteiger partial charge in [-0.3, -0.25) is 0 Å². The minimum absolute atomic E-state index is 0.0375. The Hall–Kier alpha value is -2.43. The molecule has 0 aliphatic heterocycles. The fourth-order valence-electron chi connectivity index (χ4n) is 1.77. The van der Waals surface area contributed by atoms with Gasteiger partial charge in [0.1, 0.15) is 29.6 Å². The Balaban J connectivity index is 2.22. The van der Waals surface area contributed by atoms with Gasteiger partial charge in [0.15, 0.2) is 0 Å². The molecular formula is C15H12F2O3. The third kappa shape index (κ3) is 3.12. The summed E-state index contributed by atoms with van der Waals surface area (Å²) in [4.78, 5) is 11.0. The van der Waals surface area contributed by atoms with Gasteiger partial charge >= 0.3 is 5.97 Å². The van der Waals surface area contributed by atoms with Crippen LogP contribution in [0.15, 0.2) is 36.4 Å². The molecule has 0 amide bonds. The highest BCUT2D eigenvalue weighted by atomic mass is 19.1. The first-order valence-corrected chi connectivity index (χ1v) is 5.88. The quantitative estimate of drug-likeness (QED) is 0.930. The molecule has 0 saturated heterocycles. The molecule has 0 bridgehead atoms. The van der Waals surface area contributed by atoms with Gasteiger partial charge in [0, 0.05) is 6.07 Å². The van der Waals surface area contributed by atoms with Crippen molar-refractivity contribution in [2.45, 2.75) is 13.5 Å². The molecule has 0 spiro atoms. The maximum Gasteiger partial charge on any atom is 0.339 e. The largest absolute Gasteiger partial charge is 0.488 e. The van der Waals surface area contributed by atoms with Crippen molar-refractivity contribution in [3.05, 3.63) is 64.7 Å². The summed E-state index contributed by atoms with van der Waals surface area (Å²) in [5.41, 5.74) is 1.26. The van der Waals surface area contributed by atoms with E-state index in [4.69, 9.17) is 9.84 Å². The molecule has 2 aromatic carbocycles. The van der Waals surface area contributed by atoms with Crippen molar-refractivity contribution in [3.8, 4) is 5.75 Å². The number of carboxylic acids is 1. The van der Waals surface area contributed by atoms with Crippen molar-refractivity contribution < 1.29 is 23.4 Å². The van der Waals surface area contributed by atoms with Crippen LogP contribution in [0.4, 0.5) is 8.78 Å². The van der Waals surface area contributed by atoms with Gasteiger partial charge in [0.05, 0.1) is 0 Å². The Kier molecular flexibility index (Phi) is 3.98. The van der Waals surface area contributed by atoms with E-state index >= 15 is 0 Å². The van der Waals surface area contributed by atoms with E-state index in [0.717, 1.165) is 18.2 Å². The van der Waals surface area contributed by atoms with Crippen molar-refractivity contribution in [3.63, 3.8) is 0 Å². The number of hydrogen-bond donors (Lipinski definition) is 1. The monoisotopic (exact) mass is 278 g/mol. The van der Waals surface area contributed by atoms with Crippen molar-refractivity contribution in [1.29, 1.82) is 0 Å². The number of aromatic carboxylic acids is 1. The van der Waals surface area contributed by atoms with E-state index in [1.54, 1.807) is 13.0 Å². The number of aryl methyl sites for hydroxylation is 1. The average Bonchev–Trinajstić information content (AvgIpc) is 2.37. The molecule has 3 nitrogen and oxygen atoms in total. The van der Waals surface area contributed by atoms with Crippen LogP contribution in [0.3, 0.4) is 0 Å². The first-order valence-electron chi connectivity index (χ1n) is 5.88. The molecule has 5 heteroatoms. The molecule has 0 aliphatic carbocycles. The fraction of sp³-hybridized carbons (Fsp3) is 0.133. The Bertz CT molecular complexity index is 654. The summed E-state index contributed by atoms with van der Waals surface area (Å²) in [6.45, 7) is 1.75. The van der Waals surface area contributed by atoms with Crippen LogP contribution in [0.2, 0.25) is 0 Å². The topological polar surface area (TPSA) is 46.5 Å². The fourth-order valence-corrected chi connectivity index (χ4v) is 1.77. The van der Waals surface area contributed by atoms with Gasteiger partial charge < -0.3 is 9.84 Å². The van der Waals surface area contributed by atoms with Crippen LogP contribution in [0.1, 0.15) is 21.5 Å². The predicted octanol–water partition coefficient (Wildman–Crippen LogP) is 3.55. The lowest BCUT2D eigenvalue weighted by atomic mass is 10.1. The molecule has 0 saturated carbocycles. The van der Waals surface area contributed by atoms with E-state index in [2.05, 4.69) is 0 Å². The number of halogens is 2. The van der Waals surface area contributed by atoms with E-state index < -0.39 is 11.8 Å². The summed E-state index contributed by atoms with van der Waals surface area (Å²) in [5.74, 6) is -2.19. The lowest BCUT2D eigenvalue weighted by molar-refractivity contribution is 0.0691. The highest BCUT2D eigenvalue weighted by Crippen LogP contribution is 2.22. The molecule has 0 aliphatic rings. The summed E-state index contributed by atoms with van der Waals surface area (Å²) < 4.78 is 31.5. The van der Waals surface area contributed by atoms with Crippen molar-refractivity contribution >= 4 is 5.97 Å². The zero-order valence-corrected chi connectivity index (χ0v) is 10.7. The minimum Gasteiger partial charge on any atom is -0.488 e. The second kappa shape index (κ2) is 5.69. The maximum absolute atomic E-state index is 13.1. The highest BCUT2D eigenvalue weighted by Gasteiger charge is 2.13. The first-order chi connectivity index (χ1) is 9.47. The SMILES string of the molecule is Cc1cc(F)ccc1COc1cc(F)ccc1C(=O)O. The van der Waals surface area contributed by atoms with E-state index in [9.17, 15) is 13.6 Å². The summed E-state index contributed by atoms with van der Waals surface area (Å²) in [6, 6.07) is 7.40. The van der Waals surface area contributed by atoms with E-state index in [-0.39, 0.29) is 23.7 Å². The van der Waals surface area contributed by atoms with Crippen LogP contribution >= 0.6 is 0 Å². The standard InChI is InChI=1S/C15H12F2O3/c1-9-6-11(16)3-2-10(9)8-20-14-7-12(17)4-5-13(14)15(18)19/h2-7H,8H2,1H3,(H,18,19). The van der Waals surface area contributed by atoms with Gasteiger partial charge in [-0.15, -0.1) is 0 Å². The molecule has 0 radical (unpaired) electrons. The molecule has 0 fully saturated rings. The predicted molar refractivity (Wildman–Crippen MR) is 68.8 cm³/mol. The zero-order chi connectivity index (χ0) is 14.7. The molecule has 1 N–H and O–H groups in total. The third-order valence-corrected chi connectivity index (χ3v) is 2.86. The smallest absolute Gasteiger partial charge is 0.339 e. The second-order valence-corrected chi connectivity index (χ2v) is 4.31. The summed E-state index contributed by atoms with van der Waals surface area (Å²) in [6.07, 6.45) is 0. The average molecular weight is 278 g/mol. The van der Waals surface area contributed by atoms with Crippen molar-refractivity contribution in [2.24, 2.45) is 0 Å². The van der Waals surface area contributed by atoms with Crippen LogP contribution in [0.25, 0.3) is 0 Å². The zero-order valence-electron chi connectivity index (χ0n) is 10.7. The van der Waals surface area contributed by atoms with E-state index in [1.165, 1.54) is 12.1 Å². The third-order valence-electron chi connectivity index (χ3n) is 2.86. The normalized spacial score (nSPS) is 10.3. The van der Waals surface area contributed by atoms with Gasteiger partial charge in [0.25, 0.3) is 0 Å². The van der Waals surface area contributed by atoms with Crippen LogP contribution in [-0.2, 0) is 6.61 Å². The number of hydrogen-bond acceptors (Lipinski definition) is 2. The molecule has 2 rings (SSSR count). The van der Waals surface area contributed by atoms with Gasteiger partial charge in [-0.2, -0.15) is 0 Å². The summed E-state index contributed by atoms with van der Waals surface area (Å²) in [7, 11) is 0. The van der Waals surface area contributed by atoms with Gasteiger partial charge in [0.2, 0.25) is 0 Å². The second-order valence-electron chi connectivity index (χ2n) is 4.31. The van der Waals surface area contributed by atoms with Gasteiger partial charge in [-0.1, -0.05) is 6.07 Å². The molecule has 0 aromatic heterocycles. The van der Waals surface area contributed by atoms with Gasteiger partial charge in [-0.25, -0.2) is 13.6 Å². The Labute approximate surface area is 114 Å². The maximum atomic E-state index is 13.1. The Morgan fingerprint density at radius 2 is 1.80 bits per heavy atom. The first kappa shape index (κ1) is 14.0. The molecule has 0 heterocycles. The number of carbonyl (C=O) groups is 1. The Morgan fingerprint density at radius 1 is 1.15 bits per heavy atom. The highest BCUT2D eigenvalue weighted by molar-refractivity contribution is 5.90. The molecule has 2 aromatic rings. The molecule has 0 unspecified atom stereocenters. The lowest BCUT2D eigenvalue weighted by Gasteiger charge is -2.11. The number of benzene rings is 2. The molecule has 20 heavy (non-hydrogen) atoms. The minimum atomic E-state index is -1.20. The van der Waals surface area contributed by atoms with Crippen LogP contribution in [0, 0.1) is 18.6 Å². The Morgan fingerprint density at radius 3 is 2.45 bits per heavy atom. The molecular weight excluding hydrogens is 266 g/mol. The van der Waals surface area contributed by atoms with Crippen molar-refractivity contribution in [2.75, 3.05) is 0 Å². The van der Waals surface area contributed by atoms with Crippen LogP contribution < -0.4 is 4.74 Å².